The predicted octanol–water partition coefficient (Wildman–Crippen LogP) is 2.64. The van der Waals surface area contributed by atoms with Gasteiger partial charge >= 0.3 is 0 Å². The molecule has 2 aliphatic rings. The van der Waals surface area contributed by atoms with Crippen molar-refractivity contribution in [1.82, 2.24) is 9.80 Å². The Balaban J connectivity index is 1.46. The minimum absolute atomic E-state index is 0.0573. The molecule has 0 saturated carbocycles. The van der Waals surface area contributed by atoms with Gasteiger partial charge < -0.3 is 25.2 Å². The van der Waals surface area contributed by atoms with Crippen LogP contribution in [-0.2, 0) is 16.0 Å². The number of piperidine rings is 1. The molecule has 1 atom stereocenters. The summed E-state index contributed by atoms with van der Waals surface area (Å²) in [4.78, 5) is 32.7. The summed E-state index contributed by atoms with van der Waals surface area (Å²) in [6.45, 7) is 5.73. The lowest BCUT2D eigenvalue weighted by atomic mass is 9.85. The minimum atomic E-state index is -0.609. The summed E-state index contributed by atoms with van der Waals surface area (Å²) in [5, 5.41) is 0. The average Bonchev–Trinajstić information content (AvgIpc) is 3.12. The number of hydrogen-bond donors (Lipinski definition) is 1. The van der Waals surface area contributed by atoms with E-state index < -0.39 is 11.6 Å². The second-order valence-corrected chi connectivity index (χ2v) is 9.29. The summed E-state index contributed by atoms with van der Waals surface area (Å²) in [5.74, 6) is 0.883. The molecule has 2 aromatic rings. The van der Waals surface area contributed by atoms with Gasteiger partial charge in [-0.1, -0.05) is 30.3 Å². The molecule has 4 rings (SSSR count). The van der Waals surface area contributed by atoms with Gasteiger partial charge in [0.2, 0.25) is 11.8 Å². The van der Waals surface area contributed by atoms with E-state index in [0.717, 1.165) is 17.0 Å². The number of carbonyl (C=O) groups excluding carboxylic acids is 2. The minimum Gasteiger partial charge on any atom is -0.497 e. The van der Waals surface area contributed by atoms with Gasteiger partial charge in [0, 0.05) is 24.8 Å². The van der Waals surface area contributed by atoms with E-state index in [0.29, 0.717) is 39.0 Å². The van der Waals surface area contributed by atoms with Crippen LogP contribution >= 0.6 is 0 Å². The first-order chi connectivity index (χ1) is 15.9. The Morgan fingerprint density at radius 2 is 1.70 bits per heavy atom. The summed E-state index contributed by atoms with van der Waals surface area (Å²) in [7, 11) is 1.63. The maximum absolute atomic E-state index is 13.6. The Morgan fingerprint density at radius 3 is 2.27 bits per heavy atom. The number of hydrogen-bond acceptors (Lipinski definition) is 5. The molecule has 1 spiro atoms. The molecule has 2 saturated heterocycles. The standard InChI is InChI=1S/C26H34N4O3/c1-19(2)29-18-30(21-7-5-4-6-8-21)26(25(29)32)13-15-28(16-14-26)24(31)23(27)17-20-9-11-22(33-3)12-10-20/h4-12,19,23H,13-18,27H2,1-3H3/t23-/m1/s1. The number of carbonyl (C=O) groups is 2. The molecule has 2 fully saturated rings. The molecule has 2 heterocycles. The molecular weight excluding hydrogens is 416 g/mol. The van der Waals surface area contributed by atoms with Crippen molar-refractivity contribution in [2.45, 2.75) is 50.7 Å². The number of ether oxygens (including phenoxy) is 1. The van der Waals surface area contributed by atoms with Crippen molar-refractivity contribution in [2.75, 3.05) is 31.8 Å². The van der Waals surface area contributed by atoms with Crippen molar-refractivity contribution in [2.24, 2.45) is 5.73 Å². The van der Waals surface area contributed by atoms with Gasteiger partial charge in [0.1, 0.15) is 11.3 Å². The first-order valence-corrected chi connectivity index (χ1v) is 11.7. The van der Waals surface area contributed by atoms with Gasteiger partial charge in [-0.15, -0.1) is 0 Å². The van der Waals surface area contributed by atoms with Crippen molar-refractivity contribution in [3.05, 3.63) is 60.2 Å². The number of likely N-dealkylation sites (tertiary alicyclic amines) is 1. The summed E-state index contributed by atoms with van der Waals surface area (Å²) < 4.78 is 5.19. The monoisotopic (exact) mass is 450 g/mol. The molecule has 0 aliphatic carbocycles. The summed E-state index contributed by atoms with van der Waals surface area (Å²) >= 11 is 0. The highest BCUT2D eigenvalue weighted by molar-refractivity contribution is 5.94. The Morgan fingerprint density at radius 1 is 1.06 bits per heavy atom. The molecule has 0 radical (unpaired) electrons. The van der Waals surface area contributed by atoms with Crippen LogP contribution in [0.3, 0.4) is 0 Å². The maximum Gasteiger partial charge on any atom is 0.250 e. The quantitative estimate of drug-likeness (QED) is 0.732. The van der Waals surface area contributed by atoms with Gasteiger partial charge in [-0.25, -0.2) is 0 Å². The smallest absolute Gasteiger partial charge is 0.250 e. The number of rotatable bonds is 6. The van der Waals surface area contributed by atoms with Crippen molar-refractivity contribution in [3.8, 4) is 5.75 Å². The van der Waals surface area contributed by atoms with Crippen LogP contribution in [0, 0.1) is 0 Å². The van der Waals surface area contributed by atoms with Crippen molar-refractivity contribution < 1.29 is 14.3 Å². The van der Waals surface area contributed by atoms with E-state index >= 15 is 0 Å². The van der Waals surface area contributed by atoms with Gasteiger partial charge in [-0.05, 0) is 62.9 Å². The third kappa shape index (κ3) is 4.42. The first kappa shape index (κ1) is 23.1. The second-order valence-electron chi connectivity index (χ2n) is 9.29. The van der Waals surface area contributed by atoms with Crippen molar-refractivity contribution in [1.29, 1.82) is 0 Å². The van der Waals surface area contributed by atoms with Crippen LogP contribution in [0.2, 0.25) is 0 Å². The lowest BCUT2D eigenvalue weighted by Gasteiger charge is -2.43. The van der Waals surface area contributed by atoms with Crippen LogP contribution < -0.4 is 15.4 Å². The number of methoxy groups -OCH3 is 1. The molecule has 7 nitrogen and oxygen atoms in total. The van der Waals surface area contributed by atoms with Crippen molar-refractivity contribution in [3.63, 3.8) is 0 Å². The Kier molecular flexibility index (Phi) is 6.61. The topological polar surface area (TPSA) is 79.1 Å². The number of benzene rings is 2. The molecule has 7 heteroatoms. The zero-order valence-electron chi connectivity index (χ0n) is 19.7. The Labute approximate surface area is 196 Å². The fraction of sp³-hybridized carbons (Fsp3) is 0.462. The van der Waals surface area contributed by atoms with Crippen LogP contribution in [0.15, 0.2) is 54.6 Å². The fourth-order valence-corrected chi connectivity index (χ4v) is 4.99. The van der Waals surface area contributed by atoms with Gasteiger partial charge in [0.15, 0.2) is 0 Å². The molecule has 0 bridgehead atoms. The van der Waals surface area contributed by atoms with Gasteiger partial charge in [0.25, 0.3) is 0 Å². The summed E-state index contributed by atoms with van der Waals surface area (Å²) in [6.07, 6.45) is 1.68. The van der Waals surface area contributed by atoms with Gasteiger partial charge in [-0.3, -0.25) is 9.59 Å². The molecule has 2 N–H and O–H groups in total. The molecule has 33 heavy (non-hydrogen) atoms. The maximum atomic E-state index is 13.6. The zero-order chi connectivity index (χ0) is 23.6. The molecule has 2 aromatic carbocycles. The molecule has 2 aliphatic heterocycles. The van der Waals surface area contributed by atoms with Crippen molar-refractivity contribution >= 4 is 17.5 Å². The number of nitrogens with zero attached hydrogens (tertiary/aromatic N) is 3. The van der Waals surface area contributed by atoms with Gasteiger partial charge in [-0.2, -0.15) is 0 Å². The molecular formula is C26H34N4O3. The fourth-order valence-electron chi connectivity index (χ4n) is 4.99. The van der Waals surface area contributed by atoms with Crippen LogP contribution in [0.4, 0.5) is 5.69 Å². The van der Waals surface area contributed by atoms with E-state index in [1.54, 1.807) is 7.11 Å². The highest BCUT2D eigenvalue weighted by Crippen LogP contribution is 2.40. The van der Waals surface area contributed by atoms with E-state index in [-0.39, 0.29) is 17.9 Å². The number of para-hydroxylation sites is 1. The zero-order valence-corrected chi connectivity index (χ0v) is 19.7. The average molecular weight is 451 g/mol. The van der Waals surface area contributed by atoms with E-state index in [4.69, 9.17) is 10.5 Å². The Hall–Kier alpha value is -3.06. The third-order valence-corrected chi connectivity index (χ3v) is 6.99. The van der Waals surface area contributed by atoms with E-state index in [1.165, 1.54) is 0 Å². The normalized spacial score (nSPS) is 18.8. The molecule has 2 amide bonds. The lowest BCUT2D eigenvalue weighted by molar-refractivity contribution is -0.139. The predicted molar refractivity (Wildman–Crippen MR) is 129 cm³/mol. The van der Waals surface area contributed by atoms with Crippen LogP contribution in [-0.4, -0.2) is 66.1 Å². The van der Waals surface area contributed by atoms with E-state index in [1.807, 2.05) is 52.3 Å². The first-order valence-electron chi connectivity index (χ1n) is 11.7. The summed E-state index contributed by atoms with van der Waals surface area (Å²) in [6, 6.07) is 17.2. The van der Waals surface area contributed by atoms with E-state index in [9.17, 15) is 9.59 Å². The lowest BCUT2D eigenvalue weighted by Crippen LogP contribution is -2.59. The SMILES string of the molecule is COc1ccc(C[C@@H](N)C(=O)N2CCC3(CC2)C(=O)N(C(C)C)CN3c2ccccc2)cc1. The summed E-state index contributed by atoms with van der Waals surface area (Å²) in [5.41, 5.74) is 7.73. The number of anilines is 1. The van der Waals surface area contributed by atoms with Crippen LogP contribution in [0.1, 0.15) is 32.3 Å². The van der Waals surface area contributed by atoms with E-state index in [2.05, 4.69) is 30.9 Å². The van der Waals surface area contributed by atoms with Crippen LogP contribution in [0.5, 0.6) is 5.75 Å². The number of amides is 2. The highest BCUT2D eigenvalue weighted by atomic mass is 16.5. The number of nitrogens with two attached hydrogens (primary N) is 1. The van der Waals surface area contributed by atoms with Gasteiger partial charge in [0.05, 0.1) is 19.8 Å². The molecule has 0 aromatic heterocycles. The second kappa shape index (κ2) is 9.43. The Bertz CT molecular complexity index is 969. The third-order valence-electron chi connectivity index (χ3n) is 6.99. The van der Waals surface area contributed by atoms with Crippen LogP contribution in [0.25, 0.3) is 0 Å². The molecule has 0 unspecified atom stereocenters. The largest absolute Gasteiger partial charge is 0.497 e. The highest BCUT2D eigenvalue weighted by Gasteiger charge is 2.54. The molecule has 176 valence electrons.